The van der Waals surface area contributed by atoms with E-state index >= 15 is 0 Å². The van der Waals surface area contributed by atoms with Gasteiger partial charge in [-0.25, -0.2) is 0 Å². The Morgan fingerprint density at radius 1 is 1.09 bits per heavy atom. The van der Waals surface area contributed by atoms with E-state index in [9.17, 15) is 0 Å². The van der Waals surface area contributed by atoms with Gasteiger partial charge in [0.05, 0.1) is 0 Å². The van der Waals surface area contributed by atoms with Gasteiger partial charge in [-0.3, -0.25) is 4.90 Å². The lowest BCUT2D eigenvalue weighted by Gasteiger charge is -2.54. The Morgan fingerprint density at radius 3 is 2.45 bits per heavy atom. The second-order valence-corrected chi connectivity index (χ2v) is 8.65. The molecule has 3 rings (SSSR count). The third-order valence-electron chi connectivity index (χ3n) is 7.19. The van der Waals surface area contributed by atoms with Crippen LogP contribution in [-0.2, 0) is 0 Å². The van der Waals surface area contributed by atoms with Crippen LogP contribution < -0.4 is 5.32 Å². The summed E-state index contributed by atoms with van der Waals surface area (Å²) < 4.78 is 0. The minimum Gasteiger partial charge on any atom is -0.311 e. The van der Waals surface area contributed by atoms with Crippen LogP contribution in [0.4, 0.5) is 0 Å². The number of piperidine rings is 2. The van der Waals surface area contributed by atoms with Crippen molar-refractivity contribution in [3.05, 3.63) is 0 Å². The highest BCUT2D eigenvalue weighted by Crippen LogP contribution is 2.40. The fraction of sp³-hybridized carbons (Fsp3) is 1.00. The molecular formula is C20H38N2. The number of fused-ring (bicyclic) bond motifs is 1. The largest absolute Gasteiger partial charge is 0.311 e. The van der Waals surface area contributed by atoms with Crippen LogP contribution >= 0.6 is 0 Å². The SMILES string of the molecule is CCC1NC2CCN(C3CCCCC3)[C@H](C)C2CC1C(C)C. The normalized spacial score (nSPS) is 41.6. The van der Waals surface area contributed by atoms with Crippen LogP contribution in [0.15, 0.2) is 0 Å². The van der Waals surface area contributed by atoms with Crippen LogP contribution in [0, 0.1) is 17.8 Å². The van der Waals surface area contributed by atoms with E-state index in [0.29, 0.717) is 0 Å². The third kappa shape index (κ3) is 3.24. The van der Waals surface area contributed by atoms with Gasteiger partial charge in [0.25, 0.3) is 0 Å². The van der Waals surface area contributed by atoms with Crippen LogP contribution in [0.2, 0.25) is 0 Å². The minimum absolute atomic E-state index is 0.759. The standard InChI is InChI=1S/C20H38N2/c1-5-19-17(14(2)3)13-18-15(4)22(12-11-20(18)21-19)16-9-7-6-8-10-16/h14-21H,5-13H2,1-4H3/t15-,17?,18?,19?,20?/m1/s1. The molecule has 0 spiro atoms. The van der Waals surface area contributed by atoms with Crippen molar-refractivity contribution in [3.8, 4) is 0 Å². The summed E-state index contributed by atoms with van der Waals surface area (Å²) in [6.45, 7) is 11.1. The molecule has 2 aliphatic heterocycles. The molecule has 0 aromatic carbocycles. The topological polar surface area (TPSA) is 15.3 Å². The molecule has 128 valence electrons. The number of rotatable bonds is 3. The van der Waals surface area contributed by atoms with Crippen molar-refractivity contribution >= 4 is 0 Å². The minimum atomic E-state index is 0.759. The Hall–Kier alpha value is -0.0800. The summed E-state index contributed by atoms with van der Waals surface area (Å²) in [5.41, 5.74) is 0. The zero-order chi connectivity index (χ0) is 15.7. The first-order valence-corrected chi connectivity index (χ1v) is 10.1. The van der Waals surface area contributed by atoms with Crippen molar-refractivity contribution < 1.29 is 0 Å². The van der Waals surface area contributed by atoms with Gasteiger partial charge >= 0.3 is 0 Å². The van der Waals surface area contributed by atoms with E-state index in [1.165, 1.54) is 57.9 Å². The highest BCUT2D eigenvalue weighted by atomic mass is 15.2. The van der Waals surface area contributed by atoms with Crippen molar-refractivity contribution in [1.29, 1.82) is 0 Å². The Kier molecular flexibility index (Phi) is 5.50. The number of nitrogens with zero attached hydrogens (tertiary/aromatic N) is 1. The van der Waals surface area contributed by atoms with Gasteiger partial charge < -0.3 is 5.32 Å². The average molecular weight is 307 g/mol. The summed E-state index contributed by atoms with van der Waals surface area (Å²) in [6, 6.07) is 3.23. The second-order valence-electron chi connectivity index (χ2n) is 8.65. The number of likely N-dealkylation sites (tertiary alicyclic amines) is 1. The van der Waals surface area contributed by atoms with Crippen LogP contribution in [0.1, 0.15) is 79.1 Å². The van der Waals surface area contributed by atoms with E-state index < -0.39 is 0 Å². The van der Waals surface area contributed by atoms with E-state index in [4.69, 9.17) is 0 Å². The van der Waals surface area contributed by atoms with Gasteiger partial charge in [0, 0.05) is 30.7 Å². The van der Waals surface area contributed by atoms with Crippen LogP contribution in [-0.4, -0.2) is 35.6 Å². The van der Waals surface area contributed by atoms with Gasteiger partial charge in [-0.1, -0.05) is 40.0 Å². The smallest absolute Gasteiger partial charge is 0.0125 e. The third-order valence-corrected chi connectivity index (χ3v) is 7.19. The van der Waals surface area contributed by atoms with Gasteiger partial charge in [0.1, 0.15) is 0 Å². The molecule has 2 heterocycles. The molecule has 2 heteroatoms. The molecule has 4 unspecified atom stereocenters. The Balaban J connectivity index is 1.69. The molecule has 2 nitrogen and oxygen atoms in total. The molecule has 0 aromatic rings. The highest BCUT2D eigenvalue weighted by Gasteiger charge is 2.44. The summed E-state index contributed by atoms with van der Waals surface area (Å²) >= 11 is 0. The van der Waals surface area contributed by atoms with E-state index in [1.54, 1.807) is 0 Å². The summed E-state index contributed by atoms with van der Waals surface area (Å²) in [5.74, 6) is 2.57. The van der Waals surface area contributed by atoms with E-state index in [-0.39, 0.29) is 0 Å². The van der Waals surface area contributed by atoms with Crippen molar-refractivity contribution in [3.63, 3.8) is 0 Å². The quantitative estimate of drug-likeness (QED) is 0.829. The Bertz CT molecular complexity index is 348. The first-order chi connectivity index (χ1) is 10.6. The van der Waals surface area contributed by atoms with Crippen molar-refractivity contribution in [2.24, 2.45) is 17.8 Å². The molecule has 0 bridgehead atoms. The summed E-state index contributed by atoms with van der Waals surface area (Å²) in [7, 11) is 0. The second kappa shape index (κ2) is 7.21. The van der Waals surface area contributed by atoms with Crippen LogP contribution in [0.25, 0.3) is 0 Å². The lowest BCUT2D eigenvalue weighted by atomic mass is 9.69. The molecule has 1 aliphatic carbocycles. The highest BCUT2D eigenvalue weighted by molar-refractivity contribution is 5.00. The predicted molar refractivity (Wildman–Crippen MR) is 95.1 cm³/mol. The van der Waals surface area contributed by atoms with Gasteiger partial charge in [-0.05, 0) is 56.8 Å². The molecule has 3 fully saturated rings. The first kappa shape index (κ1) is 16.8. The van der Waals surface area contributed by atoms with E-state index in [2.05, 4.69) is 37.9 Å². The maximum absolute atomic E-state index is 4.06. The lowest BCUT2D eigenvalue weighted by Crippen LogP contribution is -2.63. The Morgan fingerprint density at radius 2 is 1.82 bits per heavy atom. The number of hydrogen-bond acceptors (Lipinski definition) is 2. The molecule has 1 N–H and O–H groups in total. The molecule has 1 saturated carbocycles. The monoisotopic (exact) mass is 306 g/mol. The van der Waals surface area contributed by atoms with Crippen molar-refractivity contribution in [2.45, 2.75) is 103 Å². The summed E-state index contributed by atoms with van der Waals surface area (Å²) in [5, 5.41) is 4.06. The Labute approximate surface area is 138 Å². The average Bonchev–Trinajstić information content (AvgIpc) is 2.55. The summed E-state index contributed by atoms with van der Waals surface area (Å²) in [4.78, 5) is 2.91. The lowest BCUT2D eigenvalue weighted by molar-refractivity contribution is -0.0160. The summed E-state index contributed by atoms with van der Waals surface area (Å²) in [6.07, 6.45) is 11.5. The molecule has 0 aromatic heterocycles. The number of hydrogen-bond donors (Lipinski definition) is 1. The van der Waals surface area contributed by atoms with E-state index in [0.717, 1.165) is 41.9 Å². The fourth-order valence-corrected chi connectivity index (χ4v) is 5.82. The number of nitrogens with one attached hydrogen (secondary N) is 1. The van der Waals surface area contributed by atoms with Gasteiger partial charge in [-0.2, -0.15) is 0 Å². The molecule has 22 heavy (non-hydrogen) atoms. The molecule has 0 amide bonds. The molecule has 0 radical (unpaired) electrons. The van der Waals surface area contributed by atoms with Gasteiger partial charge in [0.2, 0.25) is 0 Å². The van der Waals surface area contributed by atoms with Crippen molar-refractivity contribution in [1.82, 2.24) is 10.2 Å². The van der Waals surface area contributed by atoms with Gasteiger partial charge in [0.15, 0.2) is 0 Å². The molecular weight excluding hydrogens is 268 g/mol. The van der Waals surface area contributed by atoms with E-state index in [1.807, 2.05) is 0 Å². The van der Waals surface area contributed by atoms with Crippen LogP contribution in [0.5, 0.6) is 0 Å². The zero-order valence-electron chi connectivity index (χ0n) is 15.4. The molecule has 3 aliphatic rings. The predicted octanol–water partition coefficient (Wildman–Crippen LogP) is 4.44. The molecule has 5 atom stereocenters. The fourth-order valence-electron chi connectivity index (χ4n) is 5.82. The zero-order valence-corrected chi connectivity index (χ0v) is 15.4. The maximum Gasteiger partial charge on any atom is 0.0125 e. The van der Waals surface area contributed by atoms with Crippen LogP contribution in [0.3, 0.4) is 0 Å². The molecule has 2 saturated heterocycles. The maximum atomic E-state index is 4.06. The van der Waals surface area contributed by atoms with Crippen molar-refractivity contribution in [2.75, 3.05) is 6.54 Å². The first-order valence-electron chi connectivity index (χ1n) is 10.1. The van der Waals surface area contributed by atoms with Gasteiger partial charge in [-0.15, -0.1) is 0 Å².